The lowest BCUT2D eigenvalue weighted by Crippen LogP contribution is -2.32. The van der Waals surface area contributed by atoms with Crippen molar-refractivity contribution < 1.29 is 9.21 Å². The topological polar surface area (TPSA) is 46.3 Å². The maximum absolute atomic E-state index is 12.1. The summed E-state index contributed by atoms with van der Waals surface area (Å²) in [6, 6.07) is 0.391. The Labute approximate surface area is 102 Å². The minimum atomic E-state index is -0.0391. The summed E-state index contributed by atoms with van der Waals surface area (Å²) in [6.45, 7) is 8.23. The fourth-order valence-corrected chi connectivity index (χ4v) is 1.40. The number of allylic oxidation sites excluding steroid dienone is 1. The quantitative estimate of drug-likeness (QED) is 0.738. The molecule has 0 saturated carbocycles. The molecule has 0 N–H and O–H groups in total. The first-order chi connectivity index (χ1) is 8.10. The number of aromatic nitrogens is 1. The maximum atomic E-state index is 12.1. The molecule has 0 aliphatic heterocycles. The van der Waals surface area contributed by atoms with Crippen LogP contribution in [0.1, 0.15) is 39.3 Å². The highest BCUT2D eigenvalue weighted by Crippen LogP contribution is 2.16. The molecular weight excluding hydrogens is 216 g/mol. The molecule has 94 valence electrons. The first-order valence-electron chi connectivity index (χ1n) is 5.97. The number of rotatable bonds is 5. The number of oxazole rings is 1. The van der Waals surface area contributed by atoms with Crippen molar-refractivity contribution in [2.24, 2.45) is 0 Å². The van der Waals surface area contributed by atoms with Crippen molar-refractivity contribution in [1.82, 2.24) is 4.98 Å². The Morgan fingerprint density at radius 3 is 2.76 bits per heavy atom. The van der Waals surface area contributed by atoms with Crippen LogP contribution in [0.15, 0.2) is 22.3 Å². The second-order valence-corrected chi connectivity index (χ2v) is 4.05. The van der Waals surface area contributed by atoms with Gasteiger partial charge in [0.25, 0.3) is 5.91 Å². The van der Waals surface area contributed by atoms with E-state index in [9.17, 15) is 4.79 Å². The van der Waals surface area contributed by atoms with Crippen LogP contribution in [-0.2, 0) is 4.79 Å². The standard InChI is InChI=1S/C13H20N2O2/c1-5-7-8-15(12(16)10(3)6-2)13-14-11(4)9-17-13/h6,9H,5,7-8H2,1-4H3. The minimum absolute atomic E-state index is 0.0391. The molecule has 4 nitrogen and oxygen atoms in total. The van der Waals surface area contributed by atoms with Crippen LogP contribution >= 0.6 is 0 Å². The van der Waals surface area contributed by atoms with Gasteiger partial charge in [-0.25, -0.2) is 0 Å². The summed E-state index contributed by atoms with van der Waals surface area (Å²) in [5.74, 6) is -0.0391. The van der Waals surface area contributed by atoms with Crippen LogP contribution < -0.4 is 4.90 Å². The van der Waals surface area contributed by atoms with E-state index in [4.69, 9.17) is 4.42 Å². The van der Waals surface area contributed by atoms with E-state index in [1.54, 1.807) is 24.2 Å². The fourth-order valence-electron chi connectivity index (χ4n) is 1.40. The van der Waals surface area contributed by atoms with Gasteiger partial charge in [-0.3, -0.25) is 9.69 Å². The molecule has 0 radical (unpaired) electrons. The van der Waals surface area contributed by atoms with Crippen LogP contribution in [0.5, 0.6) is 0 Å². The molecule has 4 heteroatoms. The molecule has 17 heavy (non-hydrogen) atoms. The van der Waals surface area contributed by atoms with Gasteiger partial charge in [-0.15, -0.1) is 0 Å². The first-order valence-corrected chi connectivity index (χ1v) is 5.97. The molecule has 0 unspecified atom stereocenters. The van der Waals surface area contributed by atoms with Gasteiger partial charge < -0.3 is 4.42 Å². The summed E-state index contributed by atoms with van der Waals surface area (Å²) in [6.07, 6.45) is 5.33. The van der Waals surface area contributed by atoms with Crippen LogP contribution in [0, 0.1) is 6.92 Å². The molecule has 1 aromatic rings. The summed E-state index contributed by atoms with van der Waals surface area (Å²) >= 11 is 0. The summed E-state index contributed by atoms with van der Waals surface area (Å²) in [7, 11) is 0. The normalized spacial score (nSPS) is 11.6. The zero-order chi connectivity index (χ0) is 12.8. The number of carbonyl (C=O) groups is 1. The summed E-state index contributed by atoms with van der Waals surface area (Å²) in [4.78, 5) is 18.0. The number of aryl methyl sites for hydroxylation is 1. The lowest BCUT2D eigenvalue weighted by molar-refractivity contribution is -0.115. The highest BCUT2D eigenvalue weighted by atomic mass is 16.4. The lowest BCUT2D eigenvalue weighted by Gasteiger charge is -2.18. The number of anilines is 1. The third kappa shape index (κ3) is 3.44. The van der Waals surface area contributed by atoms with Gasteiger partial charge in [0.15, 0.2) is 0 Å². The Morgan fingerprint density at radius 1 is 1.59 bits per heavy atom. The molecule has 0 atom stereocenters. The number of nitrogens with zero attached hydrogens (tertiary/aromatic N) is 2. The highest BCUT2D eigenvalue weighted by Gasteiger charge is 2.20. The molecule has 0 bridgehead atoms. The van der Waals surface area contributed by atoms with E-state index in [1.165, 1.54) is 0 Å². The third-order valence-electron chi connectivity index (χ3n) is 2.59. The van der Waals surface area contributed by atoms with Crippen molar-refractivity contribution in [1.29, 1.82) is 0 Å². The summed E-state index contributed by atoms with van der Waals surface area (Å²) < 4.78 is 5.31. The molecule has 0 spiro atoms. The molecule has 1 rings (SSSR count). The van der Waals surface area contributed by atoms with Crippen LogP contribution in [0.25, 0.3) is 0 Å². The predicted molar refractivity (Wildman–Crippen MR) is 67.9 cm³/mol. The molecule has 1 aromatic heterocycles. The first kappa shape index (κ1) is 13.5. The second-order valence-electron chi connectivity index (χ2n) is 4.05. The van der Waals surface area contributed by atoms with Gasteiger partial charge in [0.05, 0.1) is 5.69 Å². The minimum Gasteiger partial charge on any atom is -0.431 e. The largest absolute Gasteiger partial charge is 0.431 e. The van der Waals surface area contributed by atoms with Crippen molar-refractivity contribution in [3.63, 3.8) is 0 Å². The van der Waals surface area contributed by atoms with Gasteiger partial charge in [0, 0.05) is 12.1 Å². The number of amides is 1. The van der Waals surface area contributed by atoms with Gasteiger partial charge in [0.1, 0.15) is 6.26 Å². The molecule has 0 saturated heterocycles. The van der Waals surface area contributed by atoms with Crippen molar-refractivity contribution in [3.05, 3.63) is 23.6 Å². The van der Waals surface area contributed by atoms with Gasteiger partial charge in [0.2, 0.25) is 0 Å². The van der Waals surface area contributed by atoms with Crippen molar-refractivity contribution >= 4 is 11.9 Å². The Morgan fingerprint density at radius 2 is 2.29 bits per heavy atom. The van der Waals surface area contributed by atoms with Crippen LogP contribution in [-0.4, -0.2) is 17.4 Å². The number of hydrogen-bond donors (Lipinski definition) is 0. The average molecular weight is 236 g/mol. The zero-order valence-electron chi connectivity index (χ0n) is 11.0. The average Bonchev–Trinajstić information content (AvgIpc) is 2.75. The third-order valence-corrected chi connectivity index (χ3v) is 2.59. The Balaban J connectivity index is 2.91. The molecule has 1 heterocycles. The second kappa shape index (κ2) is 6.23. The number of hydrogen-bond acceptors (Lipinski definition) is 3. The number of carbonyl (C=O) groups excluding carboxylic acids is 1. The Bertz CT molecular complexity index is 407. The van der Waals surface area contributed by atoms with E-state index in [1.807, 2.05) is 13.8 Å². The van der Waals surface area contributed by atoms with Crippen molar-refractivity contribution in [2.75, 3.05) is 11.4 Å². The maximum Gasteiger partial charge on any atom is 0.304 e. The molecule has 0 fully saturated rings. The van der Waals surface area contributed by atoms with Crippen molar-refractivity contribution in [2.45, 2.75) is 40.5 Å². The number of unbranched alkanes of at least 4 members (excludes halogenated alkanes) is 1. The Hall–Kier alpha value is -1.58. The van der Waals surface area contributed by atoms with Gasteiger partial charge in [-0.1, -0.05) is 19.4 Å². The molecule has 0 aromatic carbocycles. The summed E-state index contributed by atoms with van der Waals surface area (Å²) in [5.41, 5.74) is 1.49. The van der Waals surface area contributed by atoms with E-state index in [0.29, 0.717) is 18.1 Å². The smallest absolute Gasteiger partial charge is 0.304 e. The monoisotopic (exact) mass is 236 g/mol. The zero-order valence-corrected chi connectivity index (χ0v) is 11.0. The van der Waals surface area contributed by atoms with Crippen LogP contribution in [0.3, 0.4) is 0 Å². The summed E-state index contributed by atoms with van der Waals surface area (Å²) in [5, 5.41) is 0. The fraction of sp³-hybridized carbons (Fsp3) is 0.538. The molecular formula is C13H20N2O2. The van der Waals surface area contributed by atoms with E-state index in [2.05, 4.69) is 11.9 Å². The van der Waals surface area contributed by atoms with E-state index in [-0.39, 0.29) is 5.91 Å². The van der Waals surface area contributed by atoms with Gasteiger partial charge in [-0.05, 0) is 27.2 Å². The van der Waals surface area contributed by atoms with E-state index >= 15 is 0 Å². The van der Waals surface area contributed by atoms with Crippen LogP contribution in [0.4, 0.5) is 6.01 Å². The van der Waals surface area contributed by atoms with Gasteiger partial charge in [-0.2, -0.15) is 4.98 Å². The SMILES string of the molecule is CC=C(C)C(=O)N(CCCC)c1nc(C)co1. The van der Waals surface area contributed by atoms with E-state index in [0.717, 1.165) is 18.5 Å². The van der Waals surface area contributed by atoms with Gasteiger partial charge >= 0.3 is 6.01 Å². The Kier molecular flexibility index (Phi) is 4.94. The van der Waals surface area contributed by atoms with Crippen LogP contribution in [0.2, 0.25) is 0 Å². The predicted octanol–water partition coefficient (Wildman–Crippen LogP) is 3.08. The molecule has 0 aliphatic carbocycles. The molecule has 1 amide bonds. The molecule has 0 aliphatic rings. The lowest BCUT2D eigenvalue weighted by atomic mass is 10.2. The van der Waals surface area contributed by atoms with Crippen molar-refractivity contribution in [3.8, 4) is 0 Å². The highest BCUT2D eigenvalue weighted by molar-refractivity contribution is 6.03. The van der Waals surface area contributed by atoms with E-state index < -0.39 is 0 Å².